The largest absolute Gasteiger partial charge is 0.457 e. The minimum absolute atomic E-state index is 0.264. The summed E-state index contributed by atoms with van der Waals surface area (Å²) in [6.45, 7) is 1.66. The topological polar surface area (TPSA) is 95.4 Å². The fourth-order valence-electron chi connectivity index (χ4n) is 3.61. The molecule has 0 bridgehead atoms. The quantitative estimate of drug-likeness (QED) is 0.720. The van der Waals surface area contributed by atoms with E-state index in [1.54, 1.807) is 6.92 Å². The fourth-order valence-corrected chi connectivity index (χ4v) is 3.61. The van der Waals surface area contributed by atoms with Gasteiger partial charge in [0, 0.05) is 12.0 Å². The number of primary amides is 1. The smallest absolute Gasteiger partial charge is 0.344 e. The lowest BCUT2D eigenvalue weighted by Gasteiger charge is -2.18. The van der Waals surface area contributed by atoms with Crippen LogP contribution in [0.4, 0.5) is 0 Å². The zero-order chi connectivity index (χ0) is 19.0. The molecule has 0 radical (unpaired) electrons. The highest BCUT2D eigenvalue weighted by Gasteiger charge is 2.39. The van der Waals surface area contributed by atoms with Crippen molar-refractivity contribution >= 4 is 11.9 Å². The summed E-state index contributed by atoms with van der Waals surface area (Å²) in [5.41, 5.74) is 8.80. The summed E-state index contributed by atoms with van der Waals surface area (Å²) < 4.78 is 10.9. The molecule has 0 fully saturated rings. The van der Waals surface area contributed by atoms with Crippen molar-refractivity contribution in [3.8, 4) is 11.3 Å². The first kappa shape index (κ1) is 17.0. The van der Waals surface area contributed by atoms with Crippen LogP contribution in [0.25, 0.3) is 11.3 Å². The highest BCUT2D eigenvalue weighted by Crippen LogP contribution is 2.36. The molecule has 2 unspecified atom stereocenters. The Hall–Kier alpha value is -3.41. The third-order valence-electron chi connectivity index (χ3n) is 4.86. The Bertz CT molecular complexity index is 1010. The second-order valence-electron chi connectivity index (χ2n) is 6.56. The van der Waals surface area contributed by atoms with Gasteiger partial charge >= 0.3 is 5.97 Å². The minimum atomic E-state index is -0.662. The molecule has 6 heteroatoms. The standard InChI is InChI=1S/C21H18N2O4/c1-12-17(19(23-27-12)13-7-3-2-4-8-13)21(25)26-16-11-14-9-5-6-10-15(14)18(16)20(22)24/h2-10,16,18H,11H2,1H3,(H2,22,24). The van der Waals surface area contributed by atoms with Crippen molar-refractivity contribution in [1.29, 1.82) is 0 Å². The number of benzene rings is 2. The molecule has 27 heavy (non-hydrogen) atoms. The second kappa shape index (κ2) is 6.72. The van der Waals surface area contributed by atoms with Gasteiger partial charge in [-0.15, -0.1) is 0 Å². The molecule has 0 saturated carbocycles. The highest BCUT2D eigenvalue weighted by atomic mass is 16.5. The Kier molecular flexibility index (Phi) is 4.24. The molecule has 1 amide bonds. The van der Waals surface area contributed by atoms with Crippen LogP contribution in [0.3, 0.4) is 0 Å². The van der Waals surface area contributed by atoms with Gasteiger partial charge in [0.05, 0.1) is 0 Å². The van der Waals surface area contributed by atoms with Gasteiger partial charge < -0.3 is 15.0 Å². The Morgan fingerprint density at radius 1 is 1.11 bits per heavy atom. The summed E-state index contributed by atoms with van der Waals surface area (Å²) in [5.74, 6) is -1.38. The van der Waals surface area contributed by atoms with E-state index in [0.717, 1.165) is 16.7 Å². The fraction of sp³-hybridized carbons (Fsp3) is 0.190. The molecule has 1 aromatic heterocycles. The number of aryl methyl sites for hydroxylation is 1. The number of aromatic nitrogens is 1. The normalized spacial score (nSPS) is 18.1. The zero-order valence-corrected chi connectivity index (χ0v) is 14.7. The molecule has 4 rings (SSSR count). The van der Waals surface area contributed by atoms with Crippen LogP contribution >= 0.6 is 0 Å². The Balaban J connectivity index is 1.64. The summed E-state index contributed by atoms with van der Waals surface area (Å²) >= 11 is 0. The molecule has 1 heterocycles. The first-order chi connectivity index (χ1) is 13.1. The number of hydrogen-bond donors (Lipinski definition) is 1. The predicted molar refractivity (Wildman–Crippen MR) is 98.0 cm³/mol. The molecule has 0 spiro atoms. The zero-order valence-electron chi connectivity index (χ0n) is 14.7. The Morgan fingerprint density at radius 2 is 1.81 bits per heavy atom. The van der Waals surface area contributed by atoms with Crippen LogP contribution in [-0.2, 0) is 16.0 Å². The highest BCUT2D eigenvalue weighted by molar-refractivity contribution is 5.97. The molecule has 1 aliphatic rings. The van der Waals surface area contributed by atoms with Crippen molar-refractivity contribution in [1.82, 2.24) is 5.16 Å². The lowest BCUT2D eigenvalue weighted by Crippen LogP contribution is -2.32. The van der Waals surface area contributed by atoms with Gasteiger partial charge in [-0.3, -0.25) is 4.79 Å². The Labute approximate surface area is 155 Å². The molecule has 0 saturated heterocycles. The first-order valence-electron chi connectivity index (χ1n) is 8.66. The number of hydrogen-bond acceptors (Lipinski definition) is 5. The average molecular weight is 362 g/mol. The number of esters is 1. The molecular formula is C21H18N2O4. The van der Waals surface area contributed by atoms with Gasteiger partial charge in [-0.05, 0) is 18.1 Å². The molecule has 136 valence electrons. The van der Waals surface area contributed by atoms with Crippen molar-refractivity contribution in [2.45, 2.75) is 25.4 Å². The number of amides is 1. The van der Waals surface area contributed by atoms with E-state index in [2.05, 4.69) is 5.16 Å². The van der Waals surface area contributed by atoms with Crippen molar-refractivity contribution in [3.05, 3.63) is 77.0 Å². The van der Waals surface area contributed by atoms with Crippen LogP contribution in [0.2, 0.25) is 0 Å². The van der Waals surface area contributed by atoms with E-state index in [4.69, 9.17) is 15.0 Å². The Morgan fingerprint density at radius 3 is 2.56 bits per heavy atom. The maximum atomic E-state index is 12.9. The lowest BCUT2D eigenvalue weighted by atomic mass is 9.99. The van der Waals surface area contributed by atoms with E-state index in [0.29, 0.717) is 17.9 Å². The molecule has 2 atom stereocenters. The van der Waals surface area contributed by atoms with Crippen LogP contribution in [0.5, 0.6) is 0 Å². The van der Waals surface area contributed by atoms with E-state index in [1.165, 1.54) is 0 Å². The number of ether oxygens (including phenoxy) is 1. The molecule has 3 aromatic rings. The monoisotopic (exact) mass is 362 g/mol. The van der Waals surface area contributed by atoms with E-state index in [1.807, 2.05) is 54.6 Å². The van der Waals surface area contributed by atoms with Gasteiger partial charge in [0.15, 0.2) is 0 Å². The molecule has 1 aliphatic carbocycles. The van der Waals surface area contributed by atoms with Crippen molar-refractivity contribution in [2.75, 3.05) is 0 Å². The van der Waals surface area contributed by atoms with Crippen molar-refractivity contribution < 1.29 is 18.8 Å². The molecule has 2 aromatic carbocycles. The summed E-state index contributed by atoms with van der Waals surface area (Å²) in [7, 11) is 0. The van der Waals surface area contributed by atoms with E-state index in [9.17, 15) is 9.59 Å². The van der Waals surface area contributed by atoms with Gasteiger partial charge in [-0.25, -0.2) is 4.79 Å². The van der Waals surface area contributed by atoms with Gasteiger partial charge in [0.1, 0.15) is 29.0 Å². The van der Waals surface area contributed by atoms with Crippen LogP contribution in [0.1, 0.15) is 33.2 Å². The summed E-state index contributed by atoms with van der Waals surface area (Å²) in [6, 6.07) is 16.8. The number of carbonyl (C=O) groups is 2. The third-order valence-corrected chi connectivity index (χ3v) is 4.86. The van der Waals surface area contributed by atoms with Gasteiger partial charge in [0.25, 0.3) is 0 Å². The summed E-state index contributed by atoms with van der Waals surface area (Å²) in [5, 5.41) is 4.01. The summed E-state index contributed by atoms with van der Waals surface area (Å²) in [6.07, 6.45) is -0.203. The third kappa shape index (κ3) is 2.99. The molecule has 2 N–H and O–H groups in total. The number of fused-ring (bicyclic) bond motifs is 1. The van der Waals surface area contributed by atoms with Gasteiger partial charge in [0.2, 0.25) is 5.91 Å². The van der Waals surface area contributed by atoms with Crippen LogP contribution in [0.15, 0.2) is 59.1 Å². The summed E-state index contributed by atoms with van der Waals surface area (Å²) in [4.78, 5) is 24.9. The number of carbonyl (C=O) groups excluding carboxylic acids is 2. The van der Waals surface area contributed by atoms with E-state index >= 15 is 0 Å². The van der Waals surface area contributed by atoms with E-state index in [-0.39, 0.29) is 5.56 Å². The maximum absolute atomic E-state index is 12.9. The number of rotatable bonds is 4. The van der Waals surface area contributed by atoms with Crippen LogP contribution in [-0.4, -0.2) is 23.1 Å². The average Bonchev–Trinajstić information content (AvgIpc) is 3.22. The maximum Gasteiger partial charge on any atom is 0.344 e. The number of nitrogens with zero attached hydrogens (tertiary/aromatic N) is 1. The first-order valence-corrected chi connectivity index (χ1v) is 8.66. The number of nitrogens with two attached hydrogens (primary N) is 1. The second-order valence-corrected chi connectivity index (χ2v) is 6.56. The van der Waals surface area contributed by atoms with Crippen LogP contribution in [0, 0.1) is 6.92 Å². The SMILES string of the molecule is Cc1onc(-c2ccccc2)c1C(=O)OC1Cc2ccccc2C1C(N)=O. The molecular weight excluding hydrogens is 344 g/mol. The van der Waals surface area contributed by atoms with Crippen molar-refractivity contribution in [3.63, 3.8) is 0 Å². The van der Waals surface area contributed by atoms with Crippen molar-refractivity contribution in [2.24, 2.45) is 5.73 Å². The molecule has 0 aliphatic heterocycles. The minimum Gasteiger partial charge on any atom is -0.457 e. The van der Waals surface area contributed by atoms with Crippen LogP contribution < -0.4 is 5.73 Å². The lowest BCUT2D eigenvalue weighted by molar-refractivity contribution is -0.121. The molecule has 6 nitrogen and oxygen atoms in total. The van der Waals surface area contributed by atoms with Gasteiger partial charge in [-0.2, -0.15) is 0 Å². The van der Waals surface area contributed by atoms with Gasteiger partial charge in [-0.1, -0.05) is 59.8 Å². The predicted octanol–water partition coefficient (Wildman–Crippen LogP) is 3.00. The van der Waals surface area contributed by atoms with E-state index < -0.39 is 23.9 Å².